The Kier molecular flexibility index (Phi) is 2.49. The second-order valence-electron chi connectivity index (χ2n) is 6.50. The largest absolute Gasteiger partial charge is 0.235 e. The van der Waals surface area contributed by atoms with Crippen molar-refractivity contribution in [2.75, 3.05) is 0 Å². The van der Waals surface area contributed by atoms with Gasteiger partial charge in [-0.1, -0.05) is 41.5 Å². The first kappa shape index (κ1) is 12.0. The standard InChI is InChI=1S/C13H20N4/c1-12(2,3)9-7-14-10-8-15-11(13(4,5)6)16-17(9)10/h7-8H,1-6H3. The van der Waals surface area contributed by atoms with Gasteiger partial charge in [0.05, 0.1) is 18.1 Å². The molecule has 17 heavy (non-hydrogen) atoms. The van der Waals surface area contributed by atoms with Crippen LogP contribution in [0.1, 0.15) is 53.1 Å². The smallest absolute Gasteiger partial charge is 0.172 e. The fraction of sp³-hybridized carbons (Fsp3) is 0.615. The lowest BCUT2D eigenvalue weighted by Crippen LogP contribution is -2.21. The molecule has 0 aliphatic rings. The van der Waals surface area contributed by atoms with Crippen LogP contribution in [-0.4, -0.2) is 19.6 Å². The summed E-state index contributed by atoms with van der Waals surface area (Å²) in [6.07, 6.45) is 3.68. The molecule has 4 heteroatoms. The van der Waals surface area contributed by atoms with Crippen LogP contribution in [0.3, 0.4) is 0 Å². The van der Waals surface area contributed by atoms with Crippen LogP contribution in [-0.2, 0) is 10.8 Å². The lowest BCUT2D eigenvalue weighted by molar-refractivity contribution is 0.507. The molecular weight excluding hydrogens is 212 g/mol. The van der Waals surface area contributed by atoms with Gasteiger partial charge >= 0.3 is 0 Å². The molecule has 0 saturated carbocycles. The Labute approximate surface area is 102 Å². The minimum Gasteiger partial charge on any atom is -0.235 e. The van der Waals surface area contributed by atoms with Gasteiger partial charge in [0, 0.05) is 10.8 Å². The third-order valence-electron chi connectivity index (χ3n) is 2.70. The van der Waals surface area contributed by atoms with Crippen LogP contribution in [0.15, 0.2) is 12.4 Å². The molecule has 0 radical (unpaired) electrons. The molecule has 0 amide bonds. The minimum absolute atomic E-state index is 0.0307. The summed E-state index contributed by atoms with van der Waals surface area (Å²) < 4.78 is 1.91. The van der Waals surface area contributed by atoms with E-state index in [1.165, 1.54) is 0 Å². The normalized spacial score (nSPS) is 13.3. The Morgan fingerprint density at radius 3 is 2.06 bits per heavy atom. The van der Waals surface area contributed by atoms with Crippen molar-refractivity contribution in [2.24, 2.45) is 0 Å². The lowest BCUT2D eigenvalue weighted by Gasteiger charge is -2.19. The van der Waals surface area contributed by atoms with Crippen LogP contribution >= 0.6 is 0 Å². The Morgan fingerprint density at radius 1 is 0.882 bits per heavy atom. The molecule has 0 spiro atoms. The van der Waals surface area contributed by atoms with E-state index in [1.54, 1.807) is 6.20 Å². The highest BCUT2D eigenvalue weighted by Crippen LogP contribution is 2.23. The van der Waals surface area contributed by atoms with E-state index >= 15 is 0 Å². The Bertz CT molecular complexity index is 541. The lowest BCUT2D eigenvalue weighted by atomic mass is 9.93. The number of imidazole rings is 1. The molecule has 2 aromatic heterocycles. The van der Waals surface area contributed by atoms with Crippen molar-refractivity contribution in [2.45, 2.75) is 52.4 Å². The zero-order valence-corrected chi connectivity index (χ0v) is 11.4. The van der Waals surface area contributed by atoms with E-state index in [4.69, 9.17) is 0 Å². The molecule has 0 atom stereocenters. The van der Waals surface area contributed by atoms with Gasteiger partial charge in [-0.05, 0) is 0 Å². The summed E-state index contributed by atoms with van der Waals surface area (Å²) in [5, 5.41) is 4.62. The van der Waals surface area contributed by atoms with E-state index in [2.05, 4.69) is 56.6 Å². The number of hydrogen-bond donors (Lipinski definition) is 0. The van der Waals surface area contributed by atoms with Gasteiger partial charge in [0.15, 0.2) is 11.5 Å². The van der Waals surface area contributed by atoms with E-state index in [1.807, 2.05) is 10.7 Å². The van der Waals surface area contributed by atoms with Gasteiger partial charge in [-0.2, -0.15) is 5.10 Å². The fourth-order valence-electron chi connectivity index (χ4n) is 1.65. The van der Waals surface area contributed by atoms with Crippen molar-refractivity contribution in [3.63, 3.8) is 0 Å². The van der Waals surface area contributed by atoms with Gasteiger partial charge in [0.25, 0.3) is 0 Å². The quantitative estimate of drug-likeness (QED) is 0.701. The molecule has 2 heterocycles. The maximum absolute atomic E-state index is 4.62. The number of nitrogens with zero attached hydrogens (tertiary/aromatic N) is 4. The monoisotopic (exact) mass is 232 g/mol. The average Bonchev–Trinajstić information content (AvgIpc) is 2.57. The van der Waals surface area contributed by atoms with Crippen molar-refractivity contribution < 1.29 is 0 Å². The molecule has 0 N–H and O–H groups in total. The first-order valence-electron chi connectivity index (χ1n) is 5.91. The highest BCUT2D eigenvalue weighted by Gasteiger charge is 2.22. The molecule has 2 aromatic rings. The fourth-order valence-corrected chi connectivity index (χ4v) is 1.65. The maximum atomic E-state index is 4.62. The Hall–Kier alpha value is -1.45. The molecule has 0 bridgehead atoms. The molecule has 0 unspecified atom stereocenters. The minimum atomic E-state index is -0.0480. The molecule has 0 saturated heterocycles. The molecule has 0 fully saturated rings. The molecule has 0 aliphatic heterocycles. The van der Waals surface area contributed by atoms with Gasteiger partial charge < -0.3 is 0 Å². The second kappa shape index (κ2) is 3.52. The van der Waals surface area contributed by atoms with Crippen LogP contribution in [0.4, 0.5) is 0 Å². The molecule has 92 valence electrons. The van der Waals surface area contributed by atoms with Crippen molar-refractivity contribution >= 4 is 5.65 Å². The predicted molar refractivity (Wildman–Crippen MR) is 68.2 cm³/mol. The SMILES string of the molecule is CC(C)(C)c1ncc2ncc(C(C)(C)C)n2n1. The number of fused-ring (bicyclic) bond motifs is 1. The Morgan fingerprint density at radius 2 is 1.53 bits per heavy atom. The molecule has 0 aliphatic carbocycles. The van der Waals surface area contributed by atoms with E-state index < -0.39 is 0 Å². The van der Waals surface area contributed by atoms with Crippen molar-refractivity contribution in [3.05, 3.63) is 23.9 Å². The summed E-state index contributed by atoms with van der Waals surface area (Å²) in [5.41, 5.74) is 1.90. The van der Waals surface area contributed by atoms with Gasteiger partial charge in [-0.15, -0.1) is 0 Å². The van der Waals surface area contributed by atoms with Crippen LogP contribution in [0.5, 0.6) is 0 Å². The summed E-state index contributed by atoms with van der Waals surface area (Å²) in [6.45, 7) is 12.8. The summed E-state index contributed by atoms with van der Waals surface area (Å²) in [4.78, 5) is 8.73. The third-order valence-corrected chi connectivity index (χ3v) is 2.70. The number of rotatable bonds is 0. The topological polar surface area (TPSA) is 43.1 Å². The van der Waals surface area contributed by atoms with E-state index in [9.17, 15) is 0 Å². The van der Waals surface area contributed by atoms with Crippen LogP contribution in [0.2, 0.25) is 0 Å². The van der Waals surface area contributed by atoms with Gasteiger partial charge in [-0.3, -0.25) is 0 Å². The molecule has 2 rings (SSSR count). The summed E-state index contributed by atoms with van der Waals surface area (Å²) in [5.74, 6) is 0.841. The number of hydrogen-bond acceptors (Lipinski definition) is 3. The summed E-state index contributed by atoms with van der Waals surface area (Å²) in [7, 11) is 0. The van der Waals surface area contributed by atoms with E-state index in [0.29, 0.717) is 0 Å². The van der Waals surface area contributed by atoms with Gasteiger partial charge in [0.1, 0.15) is 0 Å². The average molecular weight is 232 g/mol. The predicted octanol–water partition coefficient (Wildman–Crippen LogP) is 2.72. The highest BCUT2D eigenvalue weighted by atomic mass is 15.3. The summed E-state index contributed by atoms with van der Waals surface area (Å²) in [6, 6.07) is 0. The number of aromatic nitrogens is 4. The Balaban J connectivity index is 2.67. The second-order valence-corrected chi connectivity index (χ2v) is 6.50. The third kappa shape index (κ3) is 2.16. The van der Waals surface area contributed by atoms with E-state index in [0.717, 1.165) is 17.2 Å². The first-order valence-corrected chi connectivity index (χ1v) is 5.91. The molecular formula is C13H20N4. The van der Waals surface area contributed by atoms with Crippen molar-refractivity contribution in [1.29, 1.82) is 0 Å². The first-order chi connectivity index (χ1) is 7.69. The van der Waals surface area contributed by atoms with Gasteiger partial charge in [0.2, 0.25) is 0 Å². The van der Waals surface area contributed by atoms with Crippen molar-refractivity contribution in [3.8, 4) is 0 Å². The molecule has 4 nitrogen and oxygen atoms in total. The van der Waals surface area contributed by atoms with Gasteiger partial charge in [-0.25, -0.2) is 14.5 Å². The van der Waals surface area contributed by atoms with Crippen LogP contribution < -0.4 is 0 Å². The highest BCUT2D eigenvalue weighted by molar-refractivity contribution is 5.37. The zero-order valence-electron chi connectivity index (χ0n) is 11.4. The maximum Gasteiger partial charge on any atom is 0.172 e. The molecule has 0 aromatic carbocycles. The van der Waals surface area contributed by atoms with Crippen LogP contribution in [0.25, 0.3) is 5.65 Å². The zero-order chi connectivity index (χ0) is 12.8. The summed E-state index contributed by atoms with van der Waals surface area (Å²) >= 11 is 0. The van der Waals surface area contributed by atoms with Crippen molar-refractivity contribution in [1.82, 2.24) is 19.6 Å². The van der Waals surface area contributed by atoms with E-state index in [-0.39, 0.29) is 10.8 Å². The van der Waals surface area contributed by atoms with Crippen LogP contribution in [0, 0.1) is 0 Å².